The molecule has 144 valence electrons. The normalized spacial score (nSPS) is 23.3. The zero-order valence-corrected chi connectivity index (χ0v) is 16.2. The molecule has 1 N–H and O–H groups in total. The molecular weight excluding hydrogens is 330 g/mol. The molecule has 0 bridgehead atoms. The van der Waals surface area contributed by atoms with Gasteiger partial charge in [0.05, 0.1) is 12.2 Å². The number of H-pyrrole nitrogens is 1. The lowest BCUT2D eigenvalue weighted by molar-refractivity contribution is -0.148. The van der Waals surface area contributed by atoms with Gasteiger partial charge in [0.15, 0.2) is 0 Å². The fourth-order valence-corrected chi connectivity index (χ4v) is 3.91. The smallest absolute Gasteiger partial charge is 0.345 e. The number of nitrogens with one attached hydrogen (secondary N) is 1. The topological polar surface area (TPSA) is 75.3 Å². The molecule has 0 unspecified atom stereocenters. The first kappa shape index (κ1) is 19.1. The molecule has 1 amide bonds. The lowest BCUT2D eigenvalue weighted by Crippen LogP contribution is -2.50. The van der Waals surface area contributed by atoms with Crippen molar-refractivity contribution < 1.29 is 9.53 Å². The molecule has 6 nitrogen and oxygen atoms in total. The number of hydrogen-bond donors (Lipinski definition) is 1. The average Bonchev–Trinajstić information content (AvgIpc) is 3.43. The fourth-order valence-electron chi connectivity index (χ4n) is 3.91. The summed E-state index contributed by atoms with van der Waals surface area (Å²) in [7, 11) is 0. The Morgan fingerprint density at radius 1 is 1.31 bits per heavy atom. The number of amides is 1. The lowest BCUT2D eigenvalue weighted by atomic mass is 10.0. The molecule has 6 heteroatoms. The summed E-state index contributed by atoms with van der Waals surface area (Å²) in [5, 5.41) is 0. The Hall–Kier alpha value is -1.69. The molecule has 1 aromatic rings. The minimum Gasteiger partial charge on any atom is -0.371 e. The van der Waals surface area contributed by atoms with E-state index in [1.165, 1.54) is 12.8 Å². The first-order valence-corrected chi connectivity index (χ1v) is 9.97. The van der Waals surface area contributed by atoms with Gasteiger partial charge >= 0.3 is 5.69 Å². The fraction of sp³-hybridized carbons (Fsp3) is 0.750. The molecule has 1 saturated heterocycles. The van der Waals surface area contributed by atoms with E-state index in [9.17, 15) is 9.59 Å². The van der Waals surface area contributed by atoms with Crippen molar-refractivity contribution in [3.05, 3.63) is 27.4 Å². The number of carbonyl (C=O) groups is 1. The third kappa shape index (κ3) is 4.72. The summed E-state index contributed by atoms with van der Waals surface area (Å²) in [5.74, 6) is 0.827. The highest BCUT2D eigenvalue weighted by atomic mass is 16.5. The van der Waals surface area contributed by atoms with Crippen LogP contribution in [0.1, 0.15) is 62.4 Å². The van der Waals surface area contributed by atoms with Gasteiger partial charge in [-0.15, -0.1) is 0 Å². The highest BCUT2D eigenvalue weighted by Gasteiger charge is 2.39. The van der Waals surface area contributed by atoms with Crippen LogP contribution in [-0.4, -0.2) is 46.1 Å². The van der Waals surface area contributed by atoms with Gasteiger partial charge in [0.2, 0.25) is 5.91 Å². The van der Waals surface area contributed by atoms with Crippen LogP contribution < -0.4 is 5.69 Å². The van der Waals surface area contributed by atoms with Crippen molar-refractivity contribution in [3.8, 4) is 0 Å². The van der Waals surface area contributed by atoms with Crippen LogP contribution in [0.5, 0.6) is 0 Å². The van der Waals surface area contributed by atoms with Crippen LogP contribution in [0.2, 0.25) is 0 Å². The maximum atomic E-state index is 12.8. The van der Waals surface area contributed by atoms with Crippen molar-refractivity contribution in [2.24, 2.45) is 5.92 Å². The van der Waals surface area contributed by atoms with Crippen molar-refractivity contribution in [1.29, 1.82) is 0 Å². The number of hydrogen-bond acceptors (Lipinski definition) is 4. The van der Waals surface area contributed by atoms with Crippen molar-refractivity contribution in [1.82, 2.24) is 14.9 Å². The maximum Gasteiger partial charge on any atom is 0.345 e. The predicted octanol–water partition coefficient (Wildman–Crippen LogP) is 2.52. The van der Waals surface area contributed by atoms with Crippen molar-refractivity contribution in [2.75, 3.05) is 13.1 Å². The minimum absolute atomic E-state index is 0.177. The van der Waals surface area contributed by atoms with E-state index in [-0.39, 0.29) is 23.8 Å². The maximum absolute atomic E-state index is 12.8. The molecule has 1 aliphatic carbocycles. The second-order valence-corrected chi connectivity index (χ2v) is 7.81. The third-order valence-electron chi connectivity index (χ3n) is 5.61. The Balaban J connectivity index is 1.61. The van der Waals surface area contributed by atoms with Gasteiger partial charge in [-0.1, -0.05) is 19.8 Å². The van der Waals surface area contributed by atoms with E-state index >= 15 is 0 Å². The van der Waals surface area contributed by atoms with Crippen LogP contribution in [0.3, 0.4) is 0 Å². The molecule has 2 atom stereocenters. The first-order chi connectivity index (χ1) is 12.5. The molecule has 3 rings (SSSR count). The van der Waals surface area contributed by atoms with Crippen molar-refractivity contribution >= 4 is 5.91 Å². The van der Waals surface area contributed by atoms with Crippen LogP contribution in [0.25, 0.3) is 0 Å². The summed E-state index contributed by atoms with van der Waals surface area (Å²) in [6.45, 7) is 7.33. The van der Waals surface area contributed by atoms with Crippen molar-refractivity contribution in [2.45, 2.75) is 77.9 Å². The lowest BCUT2D eigenvalue weighted by Gasteiger charge is -2.38. The molecule has 2 fully saturated rings. The second kappa shape index (κ2) is 8.33. The summed E-state index contributed by atoms with van der Waals surface area (Å²) in [5.41, 5.74) is 2.19. The number of rotatable bonds is 7. The highest BCUT2D eigenvalue weighted by molar-refractivity contribution is 5.76. The number of morpholine rings is 1. The summed E-state index contributed by atoms with van der Waals surface area (Å²) < 4.78 is 6.26. The summed E-state index contributed by atoms with van der Waals surface area (Å²) >= 11 is 0. The molecule has 0 aromatic carbocycles. The zero-order chi connectivity index (χ0) is 18.7. The summed E-state index contributed by atoms with van der Waals surface area (Å²) in [6, 6.07) is 0. The van der Waals surface area contributed by atoms with Crippen molar-refractivity contribution in [3.63, 3.8) is 0 Å². The van der Waals surface area contributed by atoms with E-state index in [1.807, 2.05) is 18.7 Å². The van der Waals surface area contributed by atoms with Crippen LogP contribution in [0, 0.1) is 19.8 Å². The van der Waals surface area contributed by atoms with Gasteiger partial charge in [-0.05, 0) is 51.0 Å². The molecule has 26 heavy (non-hydrogen) atoms. The number of aromatic amines is 1. The molecule has 2 aliphatic rings. The average molecular weight is 361 g/mol. The molecule has 1 aromatic heterocycles. The van der Waals surface area contributed by atoms with Crippen LogP contribution in [0.15, 0.2) is 4.79 Å². The number of unbranched alkanes of at least 4 members (excludes halogenated alkanes) is 1. The monoisotopic (exact) mass is 361 g/mol. The summed E-state index contributed by atoms with van der Waals surface area (Å²) in [4.78, 5) is 33.0. The Morgan fingerprint density at radius 3 is 2.73 bits per heavy atom. The van der Waals surface area contributed by atoms with Crippen LogP contribution >= 0.6 is 0 Å². The van der Waals surface area contributed by atoms with E-state index in [2.05, 4.69) is 16.9 Å². The van der Waals surface area contributed by atoms with Gasteiger partial charge in [0.1, 0.15) is 0 Å². The number of carbonyl (C=O) groups excluding carboxylic acids is 1. The molecule has 1 aliphatic heterocycles. The van der Waals surface area contributed by atoms with E-state index in [1.54, 1.807) is 0 Å². The predicted molar refractivity (Wildman–Crippen MR) is 100 cm³/mol. The van der Waals surface area contributed by atoms with Gasteiger partial charge in [-0.3, -0.25) is 4.79 Å². The number of aromatic nitrogens is 2. The van der Waals surface area contributed by atoms with Crippen LogP contribution in [-0.2, 0) is 16.0 Å². The first-order valence-electron chi connectivity index (χ1n) is 9.97. The third-order valence-corrected chi connectivity index (χ3v) is 5.61. The van der Waals surface area contributed by atoms with E-state index in [0.29, 0.717) is 25.3 Å². The van der Waals surface area contributed by atoms with Gasteiger partial charge in [-0.25, -0.2) is 4.79 Å². The van der Waals surface area contributed by atoms with E-state index < -0.39 is 0 Å². The Morgan fingerprint density at radius 2 is 2.08 bits per heavy atom. The van der Waals surface area contributed by atoms with E-state index in [0.717, 1.165) is 42.8 Å². The quantitative estimate of drug-likeness (QED) is 0.810. The molecular formula is C20H31N3O3. The second-order valence-electron chi connectivity index (χ2n) is 7.81. The Bertz CT molecular complexity index is 670. The number of aryl methyl sites for hydroxylation is 2. The highest BCUT2D eigenvalue weighted by Crippen LogP contribution is 2.37. The van der Waals surface area contributed by atoms with Crippen LogP contribution in [0.4, 0.5) is 0 Å². The Labute approximate surface area is 155 Å². The summed E-state index contributed by atoms with van der Waals surface area (Å²) in [6.07, 6.45) is 7.25. The zero-order valence-electron chi connectivity index (χ0n) is 16.2. The standard InChI is InChI=1S/C20H31N3O3/c1-4-5-6-16-11-23(12-18(26-16)15-7-8-15)19(24)10-9-17-13(2)21-20(25)22-14(17)3/h15-16,18H,4-12H2,1-3H3,(H,21,22,25)/t16-,18-/m1/s1. The van der Waals surface area contributed by atoms with Gasteiger partial charge in [0.25, 0.3) is 0 Å². The SMILES string of the molecule is CCCC[C@@H]1CN(C(=O)CCc2c(C)nc(=O)[nH]c2C)C[C@H](C2CC2)O1. The molecule has 0 spiro atoms. The Kier molecular flexibility index (Phi) is 6.12. The minimum atomic E-state index is -0.325. The molecule has 0 radical (unpaired) electrons. The van der Waals surface area contributed by atoms with Gasteiger partial charge in [-0.2, -0.15) is 4.98 Å². The van der Waals surface area contributed by atoms with E-state index in [4.69, 9.17) is 4.74 Å². The molecule has 1 saturated carbocycles. The van der Waals surface area contributed by atoms with Gasteiger partial charge in [0, 0.05) is 30.9 Å². The largest absolute Gasteiger partial charge is 0.371 e. The number of ether oxygens (including phenoxy) is 1. The number of nitrogens with zero attached hydrogens (tertiary/aromatic N) is 2. The molecule has 2 heterocycles. The van der Waals surface area contributed by atoms with Gasteiger partial charge < -0.3 is 14.6 Å².